The van der Waals surface area contributed by atoms with Gasteiger partial charge in [-0.15, -0.1) is 0 Å². The van der Waals surface area contributed by atoms with E-state index in [1.54, 1.807) is 13.3 Å². The van der Waals surface area contributed by atoms with Gasteiger partial charge in [0.25, 0.3) is 0 Å². The summed E-state index contributed by atoms with van der Waals surface area (Å²) in [6.45, 7) is 6.35. The minimum atomic E-state index is -2.19. The number of hydrogen-bond acceptors (Lipinski definition) is 2. The predicted octanol–water partition coefficient (Wildman–Crippen LogP) is 2.92. The Labute approximate surface area is 91.8 Å². The van der Waals surface area contributed by atoms with Crippen LogP contribution in [0.5, 0.6) is 0 Å². The second kappa shape index (κ2) is 5.18. The van der Waals surface area contributed by atoms with Crippen LogP contribution < -0.4 is 10.6 Å². The molecule has 0 aromatic heterocycles. The van der Waals surface area contributed by atoms with E-state index in [4.69, 9.17) is 0 Å². The van der Waals surface area contributed by atoms with Crippen LogP contribution in [0, 0.1) is 0 Å². The summed E-state index contributed by atoms with van der Waals surface area (Å²) in [6.07, 6.45) is 4.03. The summed E-state index contributed by atoms with van der Waals surface area (Å²) >= 11 is 0. The van der Waals surface area contributed by atoms with Gasteiger partial charge in [-0.05, 0) is 32.4 Å². The predicted molar refractivity (Wildman–Crippen MR) is 68.8 cm³/mol. The minimum absolute atomic E-state index is 0.771. The molecule has 15 heavy (non-hydrogen) atoms. The second-order valence-corrected chi connectivity index (χ2v) is 7.00. The third kappa shape index (κ3) is 3.56. The van der Waals surface area contributed by atoms with Crippen LogP contribution in [-0.2, 0) is 4.57 Å². The number of rotatable bonds is 4. The summed E-state index contributed by atoms with van der Waals surface area (Å²) in [5, 5.41) is 4.19. The van der Waals surface area contributed by atoms with Gasteiger partial charge in [0, 0.05) is 17.5 Å². The lowest BCUT2D eigenvalue weighted by atomic mass is 10.3. The van der Waals surface area contributed by atoms with Crippen molar-refractivity contribution in [2.75, 3.05) is 25.2 Å². The molecule has 1 aromatic rings. The zero-order chi connectivity index (χ0) is 11.3. The molecule has 0 aliphatic carbocycles. The monoisotopic (exact) mass is 223 g/mol. The van der Waals surface area contributed by atoms with E-state index in [1.165, 1.54) is 0 Å². The Hall–Kier alpha value is -1.01. The van der Waals surface area contributed by atoms with Crippen LogP contribution in [-0.4, -0.2) is 19.9 Å². The van der Waals surface area contributed by atoms with E-state index < -0.39 is 7.14 Å². The fraction of sp³-hybridized carbons (Fsp3) is 0.333. The summed E-state index contributed by atoms with van der Waals surface area (Å²) in [6, 6.07) is 7.78. The molecule has 1 N–H and O–H groups in total. The fourth-order valence-corrected chi connectivity index (χ4v) is 2.56. The standard InChI is InChI=1S/C12H18NOP/c1-4-5-10-13-11-8-6-7-9-12(11)15(2,3)14/h4-9,13H,10H2,1-3H3/b5-4+. The molecule has 0 amide bonds. The van der Waals surface area contributed by atoms with Gasteiger partial charge < -0.3 is 9.88 Å². The maximum atomic E-state index is 12.0. The Balaban J connectivity index is 2.92. The molecular formula is C12H18NOP. The molecular weight excluding hydrogens is 205 g/mol. The third-order valence-electron chi connectivity index (χ3n) is 2.13. The van der Waals surface area contributed by atoms with Crippen molar-refractivity contribution in [1.82, 2.24) is 0 Å². The molecule has 2 nitrogen and oxygen atoms in total. The highest BCUT2D eigenvalue weighted by molar-refractivity contribution is 7.70. The van der Waals surface area contributed by atoms with Crippen LogP contribution >= 0.6 is 7.14 Å². The Morgan fingerprint density at radius 1 is 1.33 bits per heavy atom. The zero-order valence-electron chi connectivity index (χ0n) is 9.53. The van der Waals surface area contributed by atoms with Gasteiger partial charge in [-0.2, -0.15) is 0 Å². The van der Waals surface area contributed by atoms with Gasteiger partial charge in [0.05, 0.1) is 0 Å². The Morgan fingerprint density at radius 3 is 2.60 bits per heavy atom. The van der Waals surface area contributed by atoms with Crippen molar-refractivity contribution in [3.8, 4) is 0 Å². The van der Waals surface area contributed by atoms with Gasteiger partial charge in [0.2, 0.25) is 0 Å². The highest BCUT2D eigenvalue weighted by atomic mass is 31.2. The average molecular weight is 223 g/mol. The van der Waals surface area contributed by atoms with Gasteiger partial charge >= 0.3 is 0 Å². The Bertz CT molecular complexity index is 392. The van der Waals surface area contributed by atoms with E-state index in [1.807, 2.05) is 43.3 Å². The van der Waals surface area contributed by atoms with Crippen molar-refractivity contribution in [3.63, 3.8) is 0 Å². The molecule has 0 saturated heterocycles. The molecule has 3 heteroatoms. The van der Waals surface area contributed by atoms with E-state index >= 15 is 0 Å². The van der Waals surface area contributed by atoms with E-state index in [2.05, 4.69) is 5.32 Å². The van der Waals surface area contributed by atoms with Crippen LogP contribution in [0.3, 0.4) is 0 Å². The molecule has 82 valence electrons. The first-order chi connectivity index (χ1) is 7.05. The Morgan fingerprint density at radius 2 is 2.00 bits per heavy atom. The summed E-state index contributed by atoms with van der Waals surface area (Å²) in [5.74, 6) is 0. The molecule has 0 saturated carbocycles. The SMILES string of the molecule is C/C=C/CNc1ccccc1P(C)(C)=O. The van der Waals surface area contributed by atoms with E-state index in [-0.39, 0.29) is 0 Å². The lowest BCUT2D eigenvalue weighted by Crippen LogP contribution is -2.12. The van der Waals surface area contributed by atoms with Crippen molar-refractivity contribution >= 4 is 18.1 Å². The van der Waals surface area contributed by atoms with Crippen LogP contribution in [0.25, 0.3) is 0 Å². The minimum Gasteiger partial charge on any atom is -0.381 e. The molecule has 0 radical (unpaired) electrons. The second-order valence-electron chi connectivity index (χ2n) is 3.82. The van der Waals surface area contributed by atoms with Crippen LogP contribution in [0.2, 0.25) is 0 Å². The topological polar surface area (TPSA) is 29.1 Å². The van der Waals surface area contributed by atoms with Crippen LogP contribution in [0.15, 0.2) is 36.4 Å². The summed E-state index contributed by atoms with van der Waals surface area (Å²) < 4.78 is 12.0. The van der Waals surface area contributed by atoms with E-state index in [9.17, 15) is 4.57 Å². The first kappa shape index (κ1) is 12.1. The maximum Gasteiger partial charge on any atom is 0.111 e. The number of benzene rings is 1. The maximum absolute atomic E-state index is 12.0. The molecule has 0 aliphatic rings. The van der Waals surface area contributed by atoms with Crippen molar-refractivity contribution in [1.29, 1.82) is 0 Å². The highest BCUT2D eigenvalue weighted by Gasteiger charge is 2.14. The first-order valence-electron chi connectivity index (χ1n) is 5.05. The molecule has 0 atom stereocenters. The van der Waals surface area contributed by atoms with Gasteiger partial charge in [0.15, 0.2) is 0 Å². The summed E-state index contributed by atoms with van der Waals surface area (Å²) in [4.78, 5) is 0. The number of hydrogen-bond donors (Lipinski definition) is 1. The first-order valence-corrected chi connectivity index (χ1v) is 7.65. The number of para-hydroxylation sites is 1. The molecule has 1 rings (SSSR count). The lowest BCUT2D eigenvalue weighted by molar-refractivity contribution is 0.588. The number of anilines is 1. The third-order valence-corrected chi connectivity index (χ3v) is 3.68. The molecule has 1 aromatic carbocycles. The van der Waals surface area contributed by atoms with Crippen molar-refractivity contribution in [2.45, 2.75) is 6.92 Å². The van der Waals surface area contributed by atoms with Gasteiger partial charge in [-0.3, -0.25) is 0 Å². The van der Waals surface area contributed by atoms with E-state index in [0.29, 0.717) is 0 Å². The van der Waals surface area contributed by atoms with Crippen LogP contribution in [0.4, 0.5) is 5.69 Å². The lowest BCUT2D eigenvalue weighted by Gasteiger charge is -2.13. The number of allylic oxidation sites excluding steroid dienone is 1. The normalized spacial score (nSPS) is 11.9. The smallest absolute Gasteiger partial charge is 0.111 e. The molecule has 0 heterocycles. The van der Waals surface area contributed by atoms with Gasteiger partial charge in [-0.1, -0.05) is 24.3 Å². The van der Waals surface area contributed by atoms with Crippen molar-refractivity contribution < 1.29 is 4.57 Å². The molecule has 0 spiro atoms. The summed E-state index contributed by atoms with van der Waals surface area (Å²) in [7, 11) is -2.19. The summed E-state index contributed by atoms with van der Waals surface area (Å²) in [5.41, 5.74) is 0.976. The molecule has 0 aliphatic heterocycles. The molecule has 0 unspecified atom stereocenters. The van der Waals surface area contributed by atoms with E-state index in [0.717, 1.165) is 17.5 Å². The molecule has 0 bridgehead atoms. The fourth-order valence-electron chi connectivity index (χ4n) is 1.38. The van der Waals surface area contributed by atoms with Gasteiger partial charge in [-0.25, -0.2) is 0 Å². The van der Waals surface area contributed by atoms with Crippen molar-refractivity contribution in [3.05, 3.63) is 36.4 Å². The van der Waals surface area contributed by atoms with Crippen molar-refractivity contribution in [2.24, 2.45) is 0 Å². The van der Waals surface area contributed by atoms with Gasteiger partial charge in [0.1, 0.15) is 7.14 Å². The van der Waals surface area contributed by atoms with Crippen LogP contribution in [0.1, 0.15) is 6.92 Å². The zero-order valence-corrected chi connectivity index (χ0v) is 10.4. The largest absolute Gasteiger partial charge is 0.381 e. The number of nitrogens with one attached hydrogen (secondary N) is 1. The molecule has 0 fully saturated rings. The quantitative estimate of drug-likeness (QED) is 0.628. The average Bonchev–Trinajstić information content (AvgIpc) is 2.17. The Kier molecular flexibility index (Phi) is 4.16. The highest BCUT2D eigenvalue weighted by Crippen LogP contribution is 2.37.